The highest BCUT2D eigenvalue weighted by Crippen LogP contribution is 2.47. The number of carbonyl (C=O) groups is 2. The van der Waals surface area contributed by atoms with Crippen molar-refractivity contribution in [3.05, 3.63) is 67.3 Å². The lowest BCUT2D eigenvalue weighted by molar-refractivity contribution is -0.142. The maximum absolute atomic E-state index is 13.4. The van der Waals surface area contributed by atoms with Crippen LogP contribution in [-0.4, -0.2) is 31.1 Å². The van der Waals surface area contributed by atoms with E-state index in [1.165, 1.54) is 4.88 Å². The average Bonchev–Trinajstić information content (AvgIpc) is 3.54. The van der Waals surface area contributed by atoms with Crippen molar-refractivity contribution < 1.29 is 19.1 Å². The Labute approximate surface area is 189 Å². The van der Waals surface area contributed by atoms with Crippen LogP contribution in [0.15, 0.2) is 57.6 Å². The molecule has 2 aromatic heterocycles. The van der Waals surface area contributed by atoms with Gasteiger partial charge in [-0.05, 0) is 49.1 Å². The Balaban J connectivity index is 1.46. The number of ketones is 1. The molecule has 7 heteroatoms. The lowest BCUT2D eigenvalue weighted by atomic mass is 9.74. The molecule has 0 bridgehead atoms. The van der Waals surface area contributed by atoms with Crippen molar-refractivity contribution in [2.24, 2.45) is 0 Å². The fraction of sp³-hybridized carbons (Fsp3) is 0.417. The van der Waals surface area contributed by atoms with Crippen LogP contribution < -0.4 is 5.32 Å². The first kappa shape index (κ1) is 20.7. The topological polar surface area (TPSA) is 64.6 Å². The standard InChI is InChI=1S/C24H25NO4S2/c1-14-21(24(27)29-13-16-5-2-8-28-16)23(20-7-4-10-31-20)22-17(25-14)11-15(12-18(22)26)19-6-3-9-30-19/h3-4,6-7,9-10,15-16,23,25H,2,5,8,11-13H2,1H3/t15-,16+,23+/m1/s1. The van der Waals surface area contributed by atoms with Gasteiger partial charge in [-0.2, -0.15) is 0 Å². The first-order valence-corrected chi connectivity index (χ1v) is 12.5. The van der Waals surface area contributed by atoms with Gasteiger partial charge in [0.1, 0.15) is 6.61 Å². The molecule has 4 heterocycles. The van der Waals surface area contributed by atoms with Crippen LogP contribution in [0.25, 0.3) is 0 Å². The highest BCUT2D eigenvalue weighted by molar-refractivity contribution is 7.10. The molecule has 1 N–H and O–H groups in total. The van der Waals surface area contributed by atoms with Crippen LogP contribution in [-0.2, 0) is 19.1 Å². The number of dihydropyridines is 1. The number of hydrogen-bond donors (Lipinski definition) is 1. The van der Waals surface area contributed by atoms with Gasteiger partial charge in [-0.1, -0.05) is 12.1 Å². The summed E-state index contributed by atoms with van der Waals surface area (Å²) in [5, 5.41) is 7.45. The average molecular weight is 456 g/mol. The van der Waals surface area contributed by atoms with Gasteiger partial charge in [0.05, 0.1) is 17.6 Å². The Morgan fingerprint density at radius 2 is 1.97 bits per heavy atom. The van der Waals surface area contributed by atoms with Gasteiger partial charge in [0.25, 0.3) is 0 Å². The summed E-state index contributed by atoms with van der Waals surface area (Å²) in [6.45, 7) is 2.89. The summed E-state index contributed by atoms with van der Waals surface area (Å²) in [5.41, 5.74) is 2.99. The third-order valence-electron chi connectivity index (χ3n) is 6.25. The summed E-state index contributed by atoms with van der Waals surface area (Å²) in [4.78, 5) is 28.8. The molecule has 0 aromatic carbocycles. The van der Waals surface area contributed by atoms with Gasteiger partial charge in [-0.15, -0.1) is 22.7 Å². The van der Waals surface area contributed by atoms with Crippen molar-refractivity contribution in [3.8, 4) is 0 Å². The number of esters is 1. The first-order valence-electron chi connectivity index (χ1n) is 10.7. The van der Waals surface area contributed by atoms with Crippen LogP contribution in [0.3, 0.4) is 0 Å². The smallest absolute Gasteiger partial charge is 0.336 e. The normalized spacial score (nSPS) is 26.1. The van der Waals surface area contributed by atoms with E-state index in [0.29, 0.717) is 12.0 Å². The number of nitrogens with one attached hydrogen (secondary N) is 1. The summed E-state index contributed by atoms with van der Waals surface area (Å²) in [6, 6.07) is 8.11. The van der Waals surface area contributed by atoms with Gasteiger partial charge < -0.3 is 14.8 Å². The van der Waals surface area contributed by atoms with E-state index in [1.54, 1.807) is 22.7 Å². The van der Waals surface area contributed by atoms with Gasteiger partial charge >= 0.3 is 5.97 Å². The Morgan fingerprint density at radius 3 is 2.65 bits per heavy atom. The molecule has 1 saturated heterocycles. The molecule has 5 rings (SSSR count). The Kier molecular flexibility index (Phi) is 5.82. The van der Waals surface area contributed by atoms with Crippen molar-refractivity contribution >= 4 is 34.4 Å². The van der Waals surface area contributed by atoms with Crippen LogP contribution in [0.2, 0.25) is 0 Å². The Bertz CT molecular complexity index is 1030. The van der Waals surface area contributed by atoms with E-state index in [-0.39, 0.29) is 36.3 Å². The number of allylic oxidation sites excluding steroid dienone is 3. The minimum absolute atomic E-state index is 0.0285. The molecule has 0 unspecified atom stereocenters. The fourth-order valence-electron chi connectivity index (χ4n) is 4.80. The number of carbonyl (C=O) groups excluding carboxylic acids is 2. The van der Waals surface area contributed by atoms with Gasteiger partial charge in [-0.3, -0.25) is 4.79 Å². The van der Waals surface area contributed by atoms with E-state index < -0.39 is 0 Å². The van der Waals surface area contributed by atoms with E-state index in [1.807, 2.05) is 30.5 Å². The van der Waals surface area contributed by atoms with E-state index >= 15 is 0 Å². The number of Topliss-reactive ketones (excluding diaryl/α,β-unsaturated/α-hetero) is 1. The minimum Gasteiger partial charge on any atom is -0.459 e. The molecule has 3 aliphatic rings. The van der Waals surface area contributed by atoms with Crippen molar-refractivity contribution in [1.29, 1.82) is 0 Å². The molecular weight excluding hydrogens is 430 g/mol. The molecule has 1 aliphatic carbocycles. The van der Waals surface area contributed by atoms with E-state index in [4.69, 9.17) is 9.47 Å². The van der Waals surface area contributed by atoms with E-state index in [9.17, 15) is 9.59 Å². The monoisotopic (exact) mass is 455 g/mol. The SMILES string of the molecule is CC1=C(C(=O)OC[C@@H]2CCCO2)[C@H](c2cccs2)C2=C(C[C@@H](c3cccs3)CC2=O)N1. The molecule has 31 heavy (non-hydrogen) atoms. The van der Waals surface area contributed by atoms with Crippen molar-refractivity contribution in [2.45, 2.75) is 50.5 Å². The number of hydrogen-bond acceptors (Lipinski definition) is 7. The van der Waals surface area contributed by atoms with Gasteiger partial charge in [0.2, 0.25) is 0 Å². The van der Waals surface area contributed by atoms with Gasteiger partial charge in [-0.25, -0.2) is 4.79 Å². The summed E-state index contributed by atoms with van der Waals surface area (Å²) in [7, 11) is 0. The van der Waals surface area contributed by atoms with E-state index in [2.05, 4.69) is 16.8 Å². The maximum atomic E-state index is 13.4. The predicted molar refractivity (Wildman–Crippen MR) is 121 cm³/mol. The van der Waals surface area contributed by atoms with Gasteiger partial charge in [0.15, 0.2) is 5.78 Å². The summed E-state index contributed by atoms with van der Waals surface area (Å²) in [5.74, 6) is -0.435. The predicted octanol–water partition coefficient (Wildman–Crippen LogP) is 4.89. The summed E-state index contributed by atoms with van der Waals surface area (Å²) in [6.07, 6.45) is 3.13. The zero-order valence-electron chi connectivity index (χ0n) is 17.4. The fourth-order valence-corrected chi connectivity index (χ4v) is 6.47. The second kappa shape index (κ2) is 8.73. The zero-order valence-corrected chi connectivity index (χ0v) is 19.0. The zero-order chi connectivity index (χ0) is 21.4. The number of rotatable bonds is 5. The third-order valence-corrected chi connectivity index (χ3v) is 8.22. The quantitative estimate of drug-likeness (QED) is 0.650. The van der Waals surface area contributed by atoms with Crippen molar-refractivity contribution in [1.82, 2.24) is 5.32 Å². The van der Waals surface area contributed by atoms with Crippen LogP contribution in [0, 0.1) is 0 Å². The lowest BCUT2D eigenvalue weighted by Gasteiger charge is -2.36. The highest BCUT2D eigenvalue weighted by atomic mass is 32.1. The van der Waals surface area contributed by atoms with Crippen LogP contribution in [0.4, 0.5) is 0 Å². The Hall–Kier alpha value is -2.22. The second-order valence-corrected chi connectivity index (χ2v) is 10.2. The van der Waals surface area contributed by atoms with Crippen molar-refractivity contribution in [3.63, 3.8) is 0 Å². The molecule has 5 nitrogen and oxygen atoms in total. The summed E-state index contributed by atoms with van der Waals surface area (Å²) >= 11 is 3.27. The molecule has 162 valence electrons. The Morgan fingerprint density at radius 1 is 1.19 bits per heavy atom. The highest BCUT2D eigenvalue weighted by Gasteiger charge is 2.42. The maximum Gasteiger partial charge on any atom is 0.336 e. The van der Waals surface area contributed by atoms with Crippen molar-refractivity contribution in [2.75, 3.05) is 13.2 Å². The third kappa shape index (κ3) is 4.02. The van der Waals surface area contributed by atoms with Crippen LogP contribution in [0.5, 0.6) is 0 Å². The number of ether oxygens (including phenoxy) is 2. The van der Waals surface area contributed by atoms with Crippen LogP contribution in [0.1, 0.15) is 54.2 Å². The molecule has 2 aliphatic heterocycles. The molecule has 0 radical (unpaired) electrons. The number of thiophene rings is 2. The van der Waals surface area contributed by atoms with Crippen LogP contribution >= 0.6 is 22.7 Å². The molecule has 0 spiro atoms. The lowest BCUT2D eigenvalue weighted by Crippen LogP contribution is -2.36. The molecule has 3 atom stereocenters. The molecule has 0 saturated carbocycles. The second-order valence-electron chi connectivity index (χ2n) is 8.28. The van der Waals surface area contributed by atoms with E-state index in [0.717, 1.165) is 47.7 Å². The largest absolute Gasteiger partial charge is 0.459 e. The molecule has 0 amide bonds. The molecule has 1 fully saturated rings. The molecule has 2 aromatic rings. The first-order chi connectivity index (χ1) is 15.1. The van der Waals surface area contributed by atoms with Gasteiger partial charge in [0, 0.05) is 45.7 Å². The minimum atomic E-state index is -0.370. The summed E-state index contributed by atoms with van der Waals surface area (Å²) < 4.78 is 11.3. The molecular formula is C24H25NO4S2.